The largest absolute Gasteiger partial charge is 0.376 e. The van der Waals surface area contributed by atoms with Gasteiger partial charge in [0.25, 0.3) is 0 Å². The van der Waals surface area contributed by atoms with Gasteiger partial charge in [0.05, 0.1) is 18.1 Å². The lowest BCUT2D eigenvalue weighted by Gasteiger charge is -2.42. The average molecular weight is 231 g/mol. The zero-order chi connectivity index (χ0) is 10.9. The molecule has 2 rings (SSSR count). The smallest absolute Gasteiger partial charge is 0.0767 e. The Morgan fingerprint density at radius 2 is 1.80 bits per heavy atom. The zero-order valence-corrected chi connectivity index (χ0v) is 10.7. The van der Waals surface area contributed by atoms with Crippen LogP contribution in [-0.2, 0) is 4.74 Å². The van der Waals surface area contributed by atoms with Crippen molar-refractivity contribution in [1.82, 2.24) is 0 Å². The first kappa shape index (κ1) is 11.7. The summed E-state index contributed by atoms with van der Waals surface area (Å²) >= 11 is 6.48. The Labute approximate surface area is 98.5 Å². The van der Waals surface area contributed by atoms with Gasteiger partial charge in [0, 0.05) is 0 Å². The SMILES string of the molecule is CC1(C)COC(C2CCCCC2)C(Cl)C1. The number of halogens is 1. The molecule has 0 aromatic heterocycles. The highest BCUT2D eigenvalue weighted by molar-refractivity contribution is 6.21. The van der Waals surface area contributed by atoms with Gasteiger partial charge in [-0.05, 0) is 30.6 Å². The van der Waals surface area contributed by atoms with Crippen molar-refractivity contribution in [2.45, 2.75) is 63.9 Å². The summed E-state index contributed by atoms with van der Waals surface area (Å²) in [5.74, 6) is 0.734. The second-order valence-electron chi connectivity index (χ2n) is 6.06. The van der Waals surface area contributed by atoms with Gasteiger partial charge in [-0.1, -0.05) is 33.1 Å². The third kappa shape index (κ3) is 2.88. The fourth-order valence-electron chi connectivity index (χ4n) is 3.02. The summed E-state index contributed by atoms with van der Waals surface area (Å²) < 4.78 is 6.01. The van der Waals surface area contributed by atoms with E-state index in [4.69, 9.17) is 16.3 Å². The molecule has 1 saturated carbocycles. The Bertz CT molecular complexity index is 209. The van der Waals surface area contributed by atoms with E-state index in [9.17, 15) is 0 Å². The van der Waals surface area contributed by atoms with Gasteiger partial charge in [-0.3, -0.25) is 0 Å². The van der Waals surface area contributed by atoms with E-state index < -0.39 is 0 Å². The van der Waals surface area contributed by atoms with Crippen LogP contribution in [0.2, 0.25) is 0 Å². The van der Waals surface area contributed by atoms with E-state index in [2.05, 4.69) is 13.8 Å². The van der Waals surface area contributed by atoms with Gasteiger partial charge >= 0.3 is 0 Å². The number of alkyl halides is 1. The highest BCUT2D eigenvalue weighted by atomic mass is 35.5. The molecule has 2 unspecified atom stereocenters. The first-order chi connectivity index (χ1) is 7.08. The Morgan fingerprint density at radius 1 is 1.13 bits per heavy atom. The molecular weight excluding hydrogens is 208 g/mol. The second kappa shape index (κ2) is 4.63. The van der Waals surface area contributed by atoms with Gasteiger partial charge in [-0.2, -0.15) is 0 Å². The van der Waals surface area contributed by atoms with Gasteiger partial charge in [-0.15, -0.1) is 11.6 Å². The summed E-state index contributed by atoms with van der Waals surface area (Å²) in [5, 5.41) is 0.233. The fourth-order valence-corrected chi connectivity index (χ4v) is 3.72. The van der Waals surface area contributed by atoms with E-state index in [1.165, 1.54) is 32.1 Å². The molecule has 1 aliphatic carbocycles. The van der Waals surface area contributed by atoms with E-state index in [1.54, 1.807) is 0 Å². The zero-order valence-electron chi connectivity index (χ0n) is 9.97. The molecule has 1 aliphatic heterocycles. The van der Waals surface area contributed by atoms with Crippen molar-refractivity contribution in [3.8, 4) is 0 Å². The maximum absolute atomic E-state index is 6.48. The first-order valence-electron chi connectivity index (χ1n) is 6.34. The number of rotatable bonds is 1. The molecule has 2 aliphatic rings. The predicted octanol–water partition coefficient (Wildman–Crippen LogP) is 3.99. The molecule has 0 spiro atoms. The minimum absolute atomic E-state index is 0.233. The van der Waals surface area contributed by atoms with E-state index in [1.807, 2.05) is 0 Å². The Kier molecular flexibility index (Phi) is 3.62. The van der Waals surface area contributed by atoms with Gasteiger partial charge in [-0.25, -0.2) is 0 Å². The molecule has 2 atom stereocenters. The van der Waals surface area contributed by atoms with Crippen molar-refractivity contribution >= 4 is 11.6 Å². The quantitative estimate of drug-likeness (QED) is 0.619. The van der Waals surface area contributed by atoms with Crippen LogP contribution in [0.15, 0.2) is 0 Å². The van der Waals surface area contributed by atoms with Crippen LogP contribution in [0.5, 0.6) is 0 Å². The van der Waals surface area contributed by atoms with Crippen molar-refractivity contribution in [3.05, 3.63) is 0 Å². The molecule has 2 heteroatoms. The summed E-state index contributed by atoms with van der Waals surface area (Å²) in [6, 6.07) is 0. The van der Waals surface area contributed by atoms with Gasteiger partial charge in [0.1, 0.15) is 0 Å². The molecule has 1 nitrogen and oxygen atoms in total. The molecule has 0 aromatic rings. The van der Waals surface area contributed by atoms with E-state index >= 15 is 0 Å². The molecule has 0 bridgehead atoms. The topological polar surface area (TPSA) is 9.23 Å². The van der Waals surface area contributed by atoms with Crippen LogP contribution < -0.4 is 0 Å². The molecular formula is C13H23ClO. The second-order valence-corrected chi connectivity index (χ2v) is 6.62. The summed E-state index contributed by atoms with van der Waals surface area (Å²) in [4.78, 5) is 0. The Morgan fingerprint density at radius 3 is 2.40 bits per heavy atom. The third-order valence-electron chi connectivity index (χ3n) is 3.89. The molecule has 88 valence electrons. The normalized spacial score (nSPS) is 37.8. The summed E-state index contributed by atoms with van der Waals surface area (Å²) in [6.07, 6.45) is 8.25. The van der Waals surface area contributed by atoms with Crippen molar-refractivity contribution in [2.24, 2.45) is 11.3 Å². The summed E-state index contributed by atoms with van der Waals surface area (Å²) in [6.45, 7) is 5.39. The van der Waals surface area contributed by atoms with Crippen molar-refractivity contribution in [1.29, 1.82) is 0 Å². The Balaban J connectivity index is 1.92. The maximum atomic E-state index is 6.48. The minimum atomic E-state index is 0.233. The molecule has 0 N–H and O–H groups in total. The number of hydrogen-bond donors (Lipinski definition) is 0. The molecule has 0 radical (unpaired) electrons. The molecule has 0 aromatic carbocycles. The van der Waals surface area contributed by atoms with Crippen LogP contribution in [0.25, 0.3) is 0 Å². The molecule has 2 fully saturated rings. The van der Waals surface area contributed by atoms with Gasteiger partial charge in [0.15, 0.2) is 0 Å². The van der Waals surface area contributed by atoms with Crippen molar-refractivity contribution in [2.75, 3.05) is 6.61 Å². The van der Waals surface area contributed by atoms with E-state index in [0.29, 0.717) is 6.10 Å². The number of ether oxygens (including phenoxy) is 1. The molecule has 1 saturated heterocycles. The lowest BCUT2D eigenvalue weighted by atomic mass is 9.78. The van der Waals surface area contributed by atoms with Crippen molar-refractivity contribution < 1.29 is 4.74 Å². The predicted molar refractivity (Wildman–Crippen MR) is 64.4 cm³/mol. The molecule has 15 heavy (non-hydrogen) atoms. The summed E-state index contributed by atoms with van der Waals surface area (Å²) in [7, 11) is 0. The van der Waals surface area contributed by atoms with Crippen molar-refractivity contribution in [3.63, 3.8) is 0 Å². The van der Waals surface area contributed by atoms with Crippen LogP contribution in [0.4, 0.5) is 0 Å². The fraction of sp³-hybridized carbons (Fsp3) is 1.00. The van der Waals surface area contributed by atoms with Crippen LogP contribution in [0.1, 0.15) is 52.4 Å². The van der Waals surface area contributed by atoms with E-state index in [-0.39, 0.29) is 10.8 Å². The van der Waals surface area contributed by atoms with Crippen LogP contribution >= 0.6 is 11.6 Å². The highest BCUT2D eigenvalue weighted by Crippen LogP contribution is 2.39. The first-order valence-corrected chi connectivity index (χ1v) is 6.78. The van der Waals surface area contributed by atoms with Crippen LogP contribution in [0, 0.1) is 11.3 Å². The molecule has 1 heterocycles. The van der Waals surface area contributed by atoms with Gasteiger partial charge in [0.2, 0.25) is 0 Å². The standard InChI is InChI=1S/C13H23ClO/c1-13(2)8-11(14)12(15-9-13)10-6-4-3-5-7-10/h10-12H,3-9H2,1-2H3. The van der Waals surface area contributed by atoms with E-state index in [0.717, 1.165) is 18.9 Å². The van der Waals surface area contributed by atoms with Crippen LogP contribution in [0.3, 0.4) is 0 Å². The van der Waals surface area contributed by atoms with Crippen LogP contribution in [-0.4, -0.2) is 18.1 Å². The highest BCUT2D eigenvalue weighted by Gasteiger charge is 2.38. The lowest BCUT2D eigenvalue weighted by molar-refractivity contribution is -0.0774. The third-order valence-corrected chi connectivity index (χ3v) is 4.29. The number of hydrogen-bond acceptors (Lipinski definition) is 1. The maximum Gasteiger partial charge on any atom is 0.0767 e. The Hall–Kier alpha value is 0.250. The lowest BCUT2D eigenvalue weighted by Crippen LogP contribution is -2.44. The summed E-state index contributed by atoms with van der Waals surface area (Å²) in [5.41, 5.74) is 0.275. The average Bonchev–Trinajstić information content (AvgIpc) is 2.17. The molecule has 0 amide bonds. The monoisotopic (exact) mass is 230 g/mol. The van der Waals surface area contributed by atoms with Gasteiger partial charge < -0.3 is 4.74 Å². The minimum Gasteiger partial charge on any atom is -0.376 e.